The van der Waals surface area contributed by atoms with Gasteiger partial charge >= 0.3 is 0 Å². The average molecular weight is 280 g/mol. The molecule has 1 unspecified atom stereocenters. The Kier molecular flexibility index (Phi) is 3.95. The molecule has 1 aromatic carbocycles. The van der Waals surface area contributed by atoms with Crippen molar-refractivity contribution in [3.8, 4) is 11.5 Å². The van der Waals surface area contributed by atoms with Gasteiger partial charge in [0.1, 0.15) is 17.8 Å². The number of nitrogens with zero attached hydrogens (tertiary/aromatic N) is 4. The van der Waals surface area contributed by atoms with Crippen LogP contribution in [0.15, 0.2) is 42.9 Å². The van der Waals surface area contributed by atoms with E-state index in [0.29, 0.717) is 0 Å². The molecule has 0 saturated heterocycles. The molecule has 0 fully saturated rings. The summed E-state index contributed by atoms with van der Waals surface area (Å²) in [5, 5.41) is 0. The molecule has 2 aliphatic heterocycles. The Bertz CT molecular complexity index is 675. The zero-order valence-corrected chi connectivity index (χ0v) is 12.5. The number of fused-ring (bicyclic) bond motifs is 1. The Morgan fingerprint density at radius 1 is 1.14 bits per heavy atom. The topological polar surface area (TPSA) is 43.6 Å². The fourth-order valence-corrected chi connectivity index (χ4v) is 2.58. The summed E-state index contributed by atoms with van der Waals surface area (Å²) in [6.45, 7) is 4.40. The summed E-state index contributed by atoms with van der Waals surface area (Å²) in [6.07, 6.45) is 6.92. The van der Waals surface area contributed by atoms with Crippen molar-refractivity contribution in [3.63, 3.8) is 0 Å². The van der Waals surface area contributed by atoms with Crippen LogP contribution in [0.1, 0.15) is 44.1 Å². The van der Waals surface area contributed by atoms with Gasteiger partial charge in [0.05, 0.1) is 6.04 Å². The second kappa shape index (κ2) is 6.04. The predicted molar refractivity (Wildman–Crippen MR) is 83.3 cm³/mol. The van der Waals surface area contributed by atoms with E-state index in [1.165, 1.54) is 5.56 Å². The highest BCUT2D eigenvalue weighted by molar-refractivity contribution is 5.49. The normalized spacial score (nSPS) is 12.7. The number of unbranched alkanes of at least 4 members (excludes halogenated alkanes) is 1. The fourth-order valence-electron chi connectivity index (χ4n) is 2.58. The molecular weight excluding hydrogens is 260 g/mol. The smallest absolute Gasteiger partial charge is 0.182 e. The summed E-state index contributed by atoms with van der Waals surface area (Å²) in [6, 6.07) is 10.7. The first-order chi connectivity index (χ1) is 10.3. The standard InChI is InChI=1S/C17H20N4/c1-3-4-10-16-20-17-15(18-12-19-17)11-21(16)13(2)14-8-6-5-7-9-14/h5-9,11-13H,3-4,10H2,1-2H3. The first kappa shape index (κ1) is 13.7. The van der Waals surface area contributed by atoms with Gasteiger partial charge in [0.2, 0.25) is 0 Å². The second-order valence-electron chi connectivity index (χ2n) is 5.34. The molecule has 108 valence electrons. The van der Waals surface area contributed by atoms with Crippen LogP contribution in [-0.2, 0) is 6.42 Å². The quantitative estimate of drug-likeness (QED) is 0.715. The highest BCUT2D eigenvalue weighted by Gasteiger charge is 2.16. The minimum atomic E-state index is 0.242. The third-order valence-electron chi connectivity index (χ3n) is 3.85. The molecular formula is C17H20N4. The maximum atomic E-state index is 4.71. The Morgan fingerprint density at radius 2 is 1.95 bits per heavy atom. The van der Waals surface area contributed by atoms with Gasteiger partial charge in [-0.3, -0.25) is 0 Å². The van der Waals surface area contributed by atoms with Crippen LogP contribution in [0.25, 0.3) is 11.5 Å². The van der Waals surface area contributed by atoms with Crippen molar-refractivity contribution in [2.75, 3.05) is 0 Å². The molecule has 0 spiro atoms. The summed E-state index contributed by atoms with van der Waals surface area (Å²) in [5.74, 6) is 1.83. The average Bonchev–Trinajstić information content (AvgIpc) is 2.99. The van der Waals surface area contributed by atoms with Crippen molar-refractivity contribution in [3.05, 3.63) is 54.2 Å². The van der Waals surface area contributed by atoms with Crippen LogP contribution in [0.5, 0.6) is 0 Å². The lowest BCUT2D eigenvalue weighted by atomic mass is 10.1. The van der Waals surface area contributed by atoms with Crippen LogP contribution >= 0.6 is 0 Å². The van der Waals surface area contributed by atoms with E-state index in [1.54, 1.807) is 6.33 Å². The molecule has 3 rings (SSSR count). The molecule has 0 aliphatic carbocycles. The van der Waals surface area contributed by atoms with Crippen LogP contribution in [-0.4, -0.2) is 19.5 Å². The van der Waals surface area contributed by atoms with Gasteiger partial charge in [-0.15, -0.1) is 0 Å². The number of hydrogen-bond donors (Lipinski definition) is 0. The van der Waals surface area contributed by atoms with Gasteiger partial charge in [-0.25, -0.2) is 15.0 Å². The van der Waals surface area contributed by atoms with Gasteiger partial charge in [-0.2, -0.15) is 0 Å². The minimum absolute atomic E-state index is 0.242. The second-order valence-corrected chi connectivity index (χ2v) is 5.34. The van der Waals surface area contributed by atoms with Crippen molar-refractivity contribution < 1.29 is 0 Å². The van der Waals surface area contributed by atoms with Gasteiger partial charge in [-0.05, 0) is 18.9 Å². The molecule has 2 heterocycles. The number of hydrogen-bond acceptors (Lipinski definition) is 3. The molecule has 0 aromatic heterocycles. The fraction of sp³-hybridized carbons (Fsp3) is 0.353. The lowest BCUT2D eigenvalue weighted by molar-refractivity contribution is 0.568. The maximum Gasteiger partial charge on any atom is 0.182 e. The number of aryl methyl sites for hydroxylation is 1. The van der Waals surface area contributed by atoms with Gasteiger partial charge in [0.25, 0.3) is 0 Å². The number of rotatable bonds is 5. The van der Waals surface area contributed by atoms with Crippen LogP contribution in [0.4, 0.5) is 0 Å². The molecule has 0 N–H and O–H groups in total. The predicted octanol–water partition coefficient (Wildman–Crippen LogP) is 3.73. The summed E-state index contributed by atoms with van der Waals surface area (Å²) < 4.78 is 2.24. The van der Waals surface area contributed by atoms with Gasteiger partial charge < -0.3 is 4.57 Å². The van der Waals surface area contributed by atoms with Crippen molar-refractivity contribution >= 4 is 0 Å². The molecule has 1 aromatic rings. The Balaban J connectivity index is 2.04. The third-order valence-corrected chi connectivity index (χ3v) is 3.85. The van der Waals surface area contributed by atoms with E-state index in [-0.39, 0.29) is 6.04 Å². The van der Waals surface area contributed by atoms with E-state index < -0.39 is 0 Å². The minimum Gasteiger partial charge on any atom is -0.327 e. The van der Waals surface area contributed by atoms with Crippen molar-refractivity contribution in [1.29, 1.82) is 0 Å². The largest absolute Gasteiger partial charge is 0.327 e. The SMILES string of the molecule is CCCCc1nc2ncnc-2cn1C(C)c1ccccc1. The Hall–Kier alpha value is -2.23. The first-order valence-corrected chi connectivity index (χ1v) is 7.53. The molecule has 2 aliphatic rings. The number of imidazole rings is 1. The molecule has 0 radical (unpaired) electrons. The van der Waals surface area contributed by atoms with Gasteiger partial charge in [-0.1, -0.05) is 43.7 Å². The van der Waals surface area contributed by atoms with Crippen LogP contribution in [0.2, 0.25) is 0 Å². The van der Waals surface area contributed by atoms with Crippen molar-refractivity contribution in [2.45, 2.75) is 39.2 Å². The van der Waals surface area contributed by atoms with Crippen LogP contribution in [0, 0.1) is 0 Å². The molecule has 1 atom stereocenters. The zero-order valence-electron chi connectivity index (χ0n) is 12.5. The van der Waals surface area contributed by atoms with E-state index in [2.05, 4.69) is 58.8 Å². The number of benzene rings is 1. The lowest BCUT2D eigenvalue weighted by Crippen LogP contribution is -2.15. The summed E-state index contributed by atoms with van der Waals surface area (Å²) in [7, 11) is 0. The van der Waals surface area contributed by atoms with E-state index >= 15 is 0 Å². The van der Waals surface area contributed by atoms with E-state index in [0.717, 1.165) is 36.6 Å². The van der Waals surface area contributed by atoms with E-state index in [9.17, 15) is 0 Å². The number of aromatic nitrogens is 4. The third kappa shape index (κ3) is 2.79. The molecule has 4 heteroatoms. The lowest BCUT2D eigenvalue weighted by Gasteiger charge is -2.21. The van der Waals surface area contributed by atoms with Gasteiger partial charge in [0, 0.05) is 12.6 Å². The van der Waals surface area contributed by atoms with Gasteiger partial charge in [0.15, 0.2) is 5.82 Å². The summed E-state index contributed by atoms with van der Waals surface area (Å²) in [4.78, 5) is 13.2. The zero-order chi connectivity index (χ0) is 14.7. The maximum absolute atomic E-state index is 4.71. The molecule has 0 saturated carbocycles. The monoisotopic (exact) mass is 280 g/mol. The first-order valence-electron chi connectivity index (χ1n) is 7.53. The molecule has 21 heavy (non-hydrogen) atoms. The van der Waals surface area contributed by atoms with E-state index in [4.69, 9.17) is 4.98 Å². The summed E-state index contributed by atoms with van der Waals surface area (Å²) >= 11 is 0. The van der Waals surface area contributed by atoms with E-state index in [1.807, 2.05) is 6.07 Å². The molecule has 0 bridgehead atoms. The van der Waals surface area contributed by atoms with Crippen LogP contribution < -0.4 is 0 Å². The highest BCUT2D eigenvalue weighted by Crippen LogP contribution is 2.24. The Labute approximate surface area is 125 Å². The van der Waals surface area contributed by atoms with Crippen molar-refractivity contribution in [1.82, 2.24) is 19.5 Å². The molecule has 0 amide bonds. The van der Waals surface area contributed by atoms with Crippen molar-refractivity contribution in [2.24, 2.45) is 0 Å². The van der Waals surface area contributed by atoms with Crippen LogP contribution in [0.3, 0.4) is 0 Å². The molecule has 4 nitrogen and oxygen atoms in total. The highest BCUT2D eigenvalue weighted by atomic mass is 15.1. The summed E-state index contributed by atoms with van der Waals surface area (Å²) in [5.41, 5.74) is 2.14. The Morgan fingerprint density at radius 3 is 2.71 bits per heavy atom.